The minimum absolute atomic E-state index is 0.473. The first-order valence-electron chi connectivity index (χ1n) is 7.18. The highest BCUT2D eigenvalue weighted by molar-refractivity contribution is 5.76. The summed E-state index contributed by atoms with van der Waals surface area (Å²) in [6, 6.07) is 10.7. The highest BCUT2D eigenvalue weighted by atomic mass is 16.5. The summed E-state index contributed by atoms with van der Waals surface area (Å²) in [6.45, 7) is 4.45. The Kier molecular flexibility index (Phi) is 3.54. The van der Waals surface area contributed by atoms with Crippen LogP contribution in [-0.2, 0) is 6.42 Å². The third-order valence-corrected chi connectivity index (χ3v) is 3.80. The third kappa shape index (κ3) is 2.22. The molecule has 0 aliphatic rings. The van der Waals surface area contributed by atoms with E-state index in [1.165, 1.54) is 5.52 Å². The Morgan fingerprint density at radius 3 is 2.65 bits per heavy atom. The minimum atomic E-state index is 0.473. The molecule has 0 atom stereocenters. The summed E-state index contributed by atoms with van der Waals surface area (Å²) in [6.07, 6.45) is 4.56. The molecule has 0 spiro atoms. The fourth-order valence-electron chi connectivity index (χ4n) is 2.77. The van der Waals surface area contributed by atoms with Gasteiger partial charge in [0.15, 0.2) is 0 Å². The molecule has 4 heteroatoms. The van der Waals surface area contributed by atoms with E-state index in [0.717, 1.165) is 29.9 Å². The zero-order valence-corrected chi connectivity index (χ0v) is 11.9. The van der Waals surface area contributed by atoms with E-state index in [2.05, 4.69) is 41.8 Å². The van der Waals surface area contributed by atoms with E-state index in [0.29, 0.717) is 12.5 Å². The van der Waals surface area contributed by atoms with Crippen LogP contribution in [0.25, 0.3) is 11.0 Å². The molecule has 0 saturated carbocycles. The van der Waals surface area contributed by atoms with E-state index < -0.39 is 0 Å². The highest BCUT2D eigenvalue weighted by Gasteiger charge is 2.17. The smallest absolute Gasteiger partial charge is 0.144 e. The number of nitrogens with zero attached hydrogens (tertiary/aromatic N) is 3. The van der Waals surface area contributed by atoms with Gasteiger partial charge in [-0.1, -0.05) is 31.1 Å². The van der Waals surface area contributed by atoms with E-state index >= 15 is 0 Å². The number of aromatic nitrogens is 3. The van der Waals surface area contributed by atoms with Gasteiger partial charge < -0.3 is 9.09 Å². The summed E-state index contributed by atoms with van der Waals surface area (Å²) in [5, 5.41) is 3.78. The van der Waals surface area contributed by atoms with Crippen LogP contribution in [0.3, 0.4) is 0 Å². The van der Waals surface area contributed by atoms with Gasteiger partial charge in [0.1, 0.15) is 11.6 Å². The molecule has 0 amide bonds. The number of rotatable bonds is 5. The van der Waals surface area contributed by atoms with Gasteiger partial charge in [0.25, 0.3) is 0 Å². The second-order valence-corrected chi connectivity index (χ2v) is 5.01. The van der Waals surface area contributed by atoms with Crippen LogP contribution in [0.1, 0.15) is 44.3 Å². The van der Waals surface area contributed by atoms with Crippen molar-refractivity contribution in [2.45, 2.75) is 39.2 Å². The fraction of sp³-hybridized carbons (Fsp3) is 0.375. The molecule has 2 aromatic heterocycles. The monoisotopic (exact) mass is 269 g/mol. The Balaban J connectivity index is 2.11. The van der Waals surface area contributed by atoms with Crippen molar-refractivity contribution in [2.75, 3.05) is 0 Å². The van der Waals surface area contributed by atoms with E-state index in [-0.39, 0.29) is 0 Å². The Morgan fingerprint density at radius 1 is 1.15 bits per heavy atom. The molecular formula is C16H19N3O. The Bertz CT molecular complexity index is 681. The van der Waals surface area contributed by atoms with Crippen LogP contribution < -0.4 is 0 Å². The third-order valence-electron chi connectivity index (χ3n) is 3.80. The van der Waals surface area contributed by atoms with Crippen molar-refractivity contribution in [3.05, 3.63) is 48.1 Å². The summed E-state index contributed by atoms with van der Waals surface area (Å²) in [5.41, 5.74) is 2.25. The lowest BCUT2D eigenvalue weighted by atomic mass is 10.1. The molecule has 20 heavy (non-hydrogen) atoms. The molecule has 0 N–H and O–H groups in total. The van der Waals surface area contributed by atoms with Gasteiger partial charge in [0.2, 0.25) is 0 Å². The van der Waals surface area contributed by atoms with Crippen LogP contribution in [0.5, 0.6) is 0 Å². The van der Waals surface area contributed by atoms with E-state index in [9.17, 15) is 0 Å². The van der Waals surface area contributed by atoms with Crippen LogP contribution in [-0.4, -0.2) is 14.7 Å². The number of benzene rings is 1. The minimum Gasteiger partial charge on any atom is -0.361 e. The summed E-state index contributed by atoms with van der Waals surface area (Å²) in [4.78, 5) is 4.78. The van der Waals surface area contributed by atoms with E-state index in [1.54, 1.807) is 6.20 Å². The predicted octanol–water partition coefficient (Wildman–Crippen LogP) is 3.98. The molecule has 2 heterocycles. The molecule has 0 aliphatic carbocycles. The van der Waals surface area contributed by atoms with Gasteiger partial charge in [0.05, 0.1) is 23.7 Å². The van der Waals surface area contributed by atoms with Crippen molar-refractivity contribution in [1.82, 2.24) is 14.7 Å². The van der Waals surface area contributed by atoms with Gasteiger partial charge in [-0.05, 0) is 25.0 Å². The zero-order chi connectivity index (χ0) is 13.9. The lowest BCUT2D eigenvalue weighted by molar-refractivity contribution is 0.383. The van der Waals surface area contributed by atoms with Crippen LogP contribution in [0, 0.1) is 0 Å². The van der Waals surface area contributed by atoms with Crippen LogP contribution in [0.2, 0.25) is 0 Å². The molecule has 0 fully saturated rings. The van der Waals surface area contributed by atoms with Crippen molar-refractivity contribution < 1.29 is 4.52 Å². The Hall–Kier alpha value is -2.10. The average molecular weight is 269 g/mol. The molecule has 0 unspecified atom stereocenters. The molecule has 0 radical (unpaired) electrons. The lowest BCUT2D eigenvalue weighted by Crippen LogP contribution is -2.11. The molecule has 104 valence electrons. The second-order valence-electron chi connectivity index (χ2n) is 5.01. The molecule has 0 bridgehead atoms. The van der Waals surface area contributed by atoms with Gasteiger partial charge in [-0.15, -0.1) is 0 Å². The van der Waals surface area contributed by atoms with Crippen LogP contribution in [0.4, 0.5) is 0 Å². The van der Waals surface area contributed by atoms with Gasteiger partial charge in [-0.3, -0.25) is 0 Å². The maximum absolute atomic E-state index is 5.23. The predicted molar refractivity (Wildman–Crippen MR) is 78.7 cm³/mol. The molecule has 0 aliphatic heterocycles. The van der Waals surface area contributed by atoms with Gasteiger partial charge in [-0.2, -0.15) is 0 Å². The quantitative estimate of drug-likeness (QED) is 0.703. The average Bonchev–Trinajstić information content (AvgIpc) is 3.09. The molecule has 4 nitrogen and oxygen atoms in total. The molecule has 3 rings (SSSR count). The van der Waals surface area contributed by atoms with Gasteiger partial charge in [0, 0.05) is 12.1 Å². The first kappa shape index (κ1) is 12.9. The van der Waals surface area contributed by atoms with Gasteiger partial charge in [-0.25, -0.2) is 4.98 Å². The highest BCUT2D eigenvalue weighted by Crippen LogP contribution is 2.26. The van der Waals surface area contributed by atoms with Crippen LogP contribution >= 0.6 is 0 Å². The molecule has 3 aromatic rings. The standard InChI is InChI=1S/C16H19N3O/c1-3-12(4-2)19-15-8-6-5-7-14(15)18-16(19)11-13-9-10-17-20-13/h5-10,12H,3-4,11H2,1-2H3. The SMILES string of the molecule is CCC(CC)n1c(Cc2ccno2)nc2ccccc21. The molecule has 1 aromatic carbocycles. The fourth-order valence-corrected chi connectivity index (χ4v) is 2.77. The van der Waals surface area contributed by atoms with Gasteiger partial charge >= 0.3 is 0 Å². The summed E-state index contributed by atoms with van der Waals surface area (Å²) >= 11 is 0. The summed E-state index contributed by atoms with van der Waals surface area (Å²) in [7, 11) is 0. The van der Waals surface area contributed by atoms with Crippen molar-refractivity contribution >= 4 is 11.0 Å². The molecular weight excluding hydrogens is 250 g/mol. The lowest BCUT2D eigenvalue weighted by Gasteiger charge is -2.18. The second kappa shape index (κ2) is 5.49. The number of para-hydroxylation sites is 2. The summed E-state index contributed by atoms with van der Waals surface area (Å²) < 4.78 is 7.59. The topological polar surface area (TPSA) is 43.9 Å². The van der Waals surface area contributed by atoms with Crippen LogP contribution in [0.15, 0.2) is 41.1 Å². The normalized spacial score (nSPS) is 11.6. The first-order chi connectivity index (χ1) is 9.83. The molecule has 0 saturated heterocycles. The zero-order valence-electron chi connectivity index (χ0n) is 11.9. The maximum Gasteiger partial charge on any atom is 0.144 e. The van der Waals surface area contributed by atoms with E-state index in [1.807, 2.05) is 12.1 Å². The number of hydrogen-bond acceptors (Lipinski definition) is 3. The van der Waals surface area contributed by atoms with Crippen molar-refractivity contribution in [3.8, 4) is 0 Å². The van der Waals surface area contributed by atoms with Crippen molar-refractivity contribution in [2.24, 2.45) is 0 Å². The number of imidazole rings is 1. The summed E-state index contributed by atoms with van der Waals surface area (Å²) in [5.74, 6) is 1.91. The largest absolute Gasteiger partial charge is 0.361 e. The van der Waals surface area contributed by atoms with Crippen molar-refractivity contribution in [1.29, 1.82) is 0 Å². The maximum atomic E-state index is 5.23. The number of fused-ring (bicyclic) bond motifs is 1. The Labute approximate surface area is 118 Å². The number of hydrogen-bond donors (Lipinski definition) is 0. The Morgan fingerprint density at radius 2 is 1.95 bits per heavy atom. The van der Waals surface area contributed by atoms with E-state index in [4.69, 9.17) is 9.51 Å². The van der Waals surface area contributed by atoms with Crippen molar-refractivity contribution in [3.63, 3.8) is 0 Å². The first-order valence-corrected chi connectivity index (χ1v) is 7.18.